The van der Waals surface area contributed by atoms with E-state index in [1.54, 1.807) is 51.1 Å². The number of anilines is 3. The molecule has 3 N–H and O–H groups in total. The predicted octanol–water partition coefficient (Wildman–Crippen LogP) is 9.46. The molecule has 0 fully saturated rings. The van der Waals surface area contributed by atoms with Gasteiger partial charge in [0.1, 0.15) is 11.5 Å². The number of aryl methyl sites for hydroxylation is 4. The highest BCUT2D eigenvalue weighted by Crippen LogP contribution is 2.28. The van der Waals surface area contributed by atoms with Crippen LogP contribution in [0.1, 0.15) is 63.3 Å². The zero-order chi connectivity index (χ0) is 43.3. The number of benzene rings is 4. The maximum atomic E-state index is 12.9. The van der Waals surface area contributed by atoms with Gasteiger partial charge in [0, 0.05) is 18.0 Å². The first kappa shape index (κ1) is 46.5. The minimum absolute atomic E-state index is 0.140. The molecule has 4 aromatic rings. The summed E-state index contributed by atoms with van der Waals surface area (Å²) in [5.41, 5.74) is 4.07. The van der Waals surface area contributed by atoms with Gasteiger partial charge in [-0.1, -0.05) is 92.4 Å². The molecule has 0 radical (unpaired) electrons. The van der Waals surface area contributed by atoms with Crippen molar-refractivity contribution in [2.45, 2.75) is 87.2 Å². The van der Waals surface area contributed by atoms with E-state index in [-0.39, 0.29) is 16.6 Å². The van der Waals surface area contributed by atoms with E-state index in [2.05, 4.69) is 20.8 Å². The summed E-state index contributed by atoms with van der Waals surface area (Å²) in [6.07, 6.45) is -3.24. The molecule has 4 rings (SSSR count). The summed E-state index contributed by atoms with van der Waals surface area (Å²) in [5, 5.41) is 8.50. The molecule has 3 unspecified atom stereocenters. The number of esters is 1. The van der Waals surface area contributed by atoms with Crippen LogP contribution in [0.25, 0.3) is 4.85 Å². The molecule has 14 heteroatoms. The van der Waals surface area contributed by atoms with Crippen molar-refractivity contribution in [2.24, 2.45) is 5.41 Å². The number of nitrogens with one attached hydrogen (secondary N) is 3. The molecule has 12 nitrogen and oxygen atoms in total. The Bertz CT molecular complexity index is 2180. The highest BCUT2D eigenvalue weighted by molar-refractivity contribution is 6.34. The molecule has 0 aliphatic heterocycles. The Morgan fingerprint density at radius 2 is 1.26 bits per heavy atom. The van der Waals surface area contributed by atoms with Crippen LogP contribution in [-0.4, -0.2) is 47.9 Å². The van der Waals surface area contributed by atoms with Gasteiger partial charge in [0.05, 0.1) is 21.4 Å². The number of carbonyl (C=O) groups is 5. The summed E-state index contributed by atoms with van der Waals surface area (Å²) in [7, 11) is 0. The Hall–Kier alpha value is -5.90. The summed E-state index contributed by atoms with van der Waals surface area (Å²) in [4.78, 5) is 65.4. The lowest BCUT2D eigenvalue weighted by atomic mass is 9.87. The quantitative estimate of drug-likeness (QED) is 0.0685. The van der Waals surface area contributed by atoms with Crippen molar-refractivity contribution in [1.82, 2.24) is 0 Å². The second-order valence-corrected chi connectivity index (χ2v) is 15.3. The third kappa shape index (κ3) is 13.9. The first-order valence-corrected chi connectivity index (χ1v) is 19.0. The number of amides is 3. The van der Waals surface area contributed by atoms with E-state index in [1.807, 2.05) is 71.0 Å². The number of hydrogen-bond acceptors (Lipinski definition) is 8. The summed E-state index contributed by atoms with van der Waals surface area (Å²) in [6, 6.07) is 22.7. The number of rotatable bonds is 13. The third-order valence-electron chi connectivity index (χ3n) is 8.24. The van der Waals surface area contributed by atoms with Crippen LogP contribution in [-0.2, 0) is 28.7 Å². The van der Waals surface area contributed by atoms with Gasteiger partial charge in [0.15, 0.2) is 11.9 Å². The van der Waals surface area contributed by atoms with Gasteiger partial charge in [-0.25, -0.2) is 6.57 Å². The third-order valence-corrected chi connectivity index (χ3v) is 8.90. The van der Waals surface area contributed by atoms with E-state index in [9.17, 15) is 24.0 Å². The van der Waals surface area contributed by atoms with Gasteiger partial charge < -0.3 is 30.2 Å². The van der Waals surface area contributed by atoms with E-state index in [0.29, 0.717) is 34.3 Å². The molecule has 0 bridgehead atoms. The van der Waals surface area contributed by atoms with Crippen molar-refractivity contribution in [3.05, 3.63) is 123 Å². The fourth-order valence-electron chi connectivity index (χ4n) is 5.13. The van der Waals surface area contributed by atoms with Gasteiger partial charge in [0.2, 0.25) is 6.10 Å². The minimum atomic E-state index is -1.65. The molecule has 0 saturated carbocycles. The van der Waals surface area contributed by atoms with E-state index in [0.717, 1.165) is 29.2 Å². The second kappa shape index (κ2) is 21.0. The van der Waals surface area contributed by atoms with Gasteiger partial charge in [-0.05, 0) is 93.8 Å². The number of ketones is 1. The number of hydrogen-bond donors (Lipinski definition) is 3. The van der Waals surface area contributed by atoms with E-state index in [4.69, 9.17) is 44.0 Å². The highest BCUT2D eigenvalue weighted by Gasteiger charge is 2.37. The Morgan fingerprint density at radius 1 is 0.707 bits per heavy atom. The van der Waals surface area contributed by atoms with Crippen molar-refractivity contribution in [2.75, 3.05) is 16.0 Å². The van der Waals surface area contributed by atoms with Crippen LogP contribution in [0.15, 0.2) is 78.9 Å². The van der Waals surface area contributed by atoms with Crippen LogP contribution in [0.5, 0.6) is 11.5 Å². The average molecular weight is 832 g/mol. The fourth-order valence-corrected chi connectivity index (χ4v) is 5.46. The molecular formula is C44H48Cl2N4O8. The van der Waals surface area contributed by atoms with Crippen molar-refractivity contribution in [3.8, 4) is 11.5 Å². The van der Waals surface area contributed by atoms with Gasteiger partial charge in [0.25, 0.3) is 11.8 Å². The Morgan fingerprint density at radius 3 is 1.83 bits per heavy atom. The maximum absolute atomic E-state index is 12.9. The number of halogens is 2. The SMILES string of the molecule is CCC(Oc1ccc(C)cc1C)C(=O)Nc1ccc(Cl)c(NC(=O)C(OC(C)=O)C(=O)C(C)(C)C)c1.[C-]#[N+]C(Oc1ccc(C)cc1)C(=O)Nc1cc(C)ccc1Cl. The molecule has 0 aromatic heterocycles. The summed E-state index contributed by atoms with van der Waals surface area (Å²) >= 11 is 12.3. The largest absolute Gasteiger partial charge is 0.480 e. The van der Waals surface area contributed by atoms with Crippen molar-refractivity contribution in [1.29, 1.82) is 0 Å². The molecule has 0 aliphatic rings. The van der Waals surface area contributed by atoms with Crippen molar-refractivity contribution < 1.29 is 38.2 Å². The molecular weight excluding hydrogens is 783 g/mol. The van der Waals surface area contributed by atoms with Crippen LogP contribution in [0, 0.1) is 39.7 Å². The molecule has 3 atom stereocenters. The van der Waals surface area contributed by atoms with Crippen LogP contribution in [0.3, 0.4) is 0 Å². The normalized spacial score (nSPS) is 12.2. The first-order chi connectivity index (χ1) is 27.2. The van der Waals surface area contributed by atoms with Crippen LogP contribution < -0.4 is 25.4 Å². The fraction of sp³-hybridized carbons (Fsp3) is 0.318. The Kier molecular flexibility index (Phi) is 16.9. The number of ether oxygens (including phenoxy) is 3. The highest BCUT2D eigenvalue weighted by atomic mass is 35.5. The van der Waals surface area contributed by atoms with Gasteiger partial charge in [-0.15, -0.1) is 0 Å². The Balaban J connectivity index is 0.000000348. The zero-order valence-corrected chi connectivity index (χ0v) is 35.4. The molecule has 3 amide bonds. The lowest BCUT2D eigenvalue weighted by Gasteiger charge is -2.24. The average Bonchev–Trinajstić information content (AvgIpc) is 3.15. The zero-order valence-electron chi connectivity index (χ0n) is 33.9. The van der Waals surface area contributed by atoms with Gasteiger partial charge in [-0.2, -0.15) is 0 Å². The topological polar surface area (TPSA) is 153 Å². The Labute approximate surface area is 349 Å². The van der Waals surface area contributed by atoms with Crippen LogP contribution >= 0.6 is 23.2 Å². The van der Waals surface area contributed by atoms with Gasteiger partial charge >= 0.3 is 18.1 Å². The van der Waals surface area contributed by atoms with Gasteiger partial charge in [-0.3, -0.25) is 28.8 Å². The molecule has 0 heterocycles. The number of nitrogens with zero attached hydrogens (tertiary/aromatic N) is 1. The number of carbonyl (C=O) groups excluding carboxylic acids is 5. The molecule has 0 aliphatic carbocycles. The number of Topliss-reactive ketones (excluding diaryl/α,β-unsaturated/α-hetero) is 1. The first-order valence-electron chi connectivity index (χ1n) is 18.3. The monoisotopic (exact) mass is 830 g/mol. The molecule has 0 saturated heterocycles. The van der Waals surface area contributed by atoms with E-state index >= 15 is 0 Å². The van der Waals surface area contributed by atoms with Crippen LogP contribution in [0.2, 0.25) is 10.0 Å². The smallest absolute Gasteiger partial charge is 0.446 e. The minimum Gasteiger partial charge on any atom is -0.480 e. The predicted molar refractivity (Wildman–Crippen MR) is 226 cm³/mol. The standard InChI is InChI=1S/C27H33ClN2O6.C17H15ClN2O2/c1-8-21(36-22-12-9-15(2)13-16(22)3)25(33)29-18-10-11-19(28)20(14-18)30-26(34)23(35-17(4)31)24(32)27(5,6)7;1-11-4-7-13(8-5-11)22-17(19-3)16(21)20-15-10-12(2)6-9-14(15)18/h9-14,21,23H,8H2,1-7H3,(H,29,33)(H,30,34);4-10,17H,1-2H3,(H,20,21). The summed E-state index contributed by atoms with van der Waals surface area (Å²) < 4.78 is 16.3. The van der Waals surface area contributed by atoms with Crippen molar-refractivity contribution >= 4 is 69.7 Å². The summed E-state index contributed by atoms with van der Waals surface area (Å²) in [5.74, 6) is -2.02. The van der Waals surface area contributed by atoms with E-state index in [1.165, 1.54) is 12.1 Å². The molecule has 4 aromatic carbocycles. The van der Waals surface area contributed by atoms with E-state index < -0.39 is 47.4 Å². The molecule has 58 heavy (non-hydrogen) atoms. The molecule has 0 spiro atoms. The molecule has 306 valence electrons. The lowest BCUT2D eigenvalue weighted by Crippen LogP contribution is -2.44. The van der Waals surface area contributed by atoms with Crippen LogP contribution in [0.4, 0.5) is 17.1 Å². The summed E-state index contributed by atoms with van der Waals surface area (Å²) in [6.45, 7) is 22.7. The second-order valence-electron chi connectivity index (χ2n) is 14.4. The lowest BCUT2D eigenvalue weighted by molar-refractivity contribution is -0.160. The maximum Gasteiger partial charge on any atom is 0.446 e. The van der Waals surface area contributed by atoms with Crippen molar-refractivity contribution in [3.63, 3.8) is 0 Å².